The van der Waals surface area contributed by atoms with Gasteiger partial charge in [-0.3, -0.25) is 4.90 Å². The fourth-order valence-corrected chi connectivity index (χ4v) is 3.40. The molecule has 2 aliphatic rings. The Hall–Kier alpha value is -0.880. The quantitative estimate of drug-likeness (QED) is 0.851. The van der Waals surface area contributed by atoms with E-state index in [0.29, 0.717) is 11.9 Å². The Balaban J connectivity index is 1.79. The Kier molecular flexibility index (Phi) is 3.39. The van der Waals surface area contributed by atoms with Crippen molar-refractivity contribution in [3.05, 3.63) is 10.8 Å². The van der Waals surface area contributed by atoms with Crippen molar-refractivity contribution in [1.82, 2.24) is 14.9 Å². The first-order chi connectivity index (χ1) is 8.75. The van der Waals surface area contributed by atoms with Gasteiger partial charge < -0.3 is 10.6 Å². The fraction of sp³-hybridized carbons (Fsp3) is 0.667. The molecule has 2 saturated heterocycles. The van der Waals surface area contributed by atoms with Crippen LogP contribution in [0.25, 0.3) is 0 Å². The highest BCUT2D eigenvalue weighted by atomic mass is 79.9. The SMILES string of the molecule is Nc1ncnc(N2CCN3CCCCC3C2)c1Br. The predicted molar refractivity (Wildman–Crippen MR) is 75.6 cm³/mol. The van der Waals surface area contributed by atoms with Crippen LogP contribution in [0.15, 0.2) is 10.8 Å². The maximum atomic E-state index is 5.82. The zero-order chi connectivity index (χ0) is 12.5. The molecule has 18 heavy (non-hydrogen) atoms. The number of aromatic nitrogens is 2. The monoisotopic (exact) mass is 311 g/mol. The van der Waals surface area contributed by atoms with Crippen molar-refractivity contribution in [2.45, 2.75) is 25.3 Å². The summed E-state index contributed by atoms with van der Waals surface area (Å²) in [5.41, 5.74) is 5.82. The summed E-state index contributed by atoms with van der Waals surface area (Å²) in [5.74, 6) is 1.46. The number of piperidine rings is 1. The highest BCUT2D eigenvalue weighted by Crippen LogP contribution is 2.30. The van der Waals surface area contributed by atoms with Crippen molar-refractivity contribution >= 4 is 27.6 Å². The number of nitrogen functional groups attached to an aromatic ring is 1. The van der Waals surface area contributed by atoms with Gasteiger partial charge in [-0.25, -0.2) is 9.97 Å². The van der Waals surface area contributed by atoms with Crippen LogP contribution in [0.5, 0.6) is 0 Å². The minimum atomic E-state index is 0.520. The van der Waals surface area contributed by atoms with Crippen molar-refractivity contribution in [2.24, 2.45) is 0 Å². The molecule has 0 aromatic carbocycles. The van der Waals surface area contributed by atoms with Gasteiger partial charge in [0.1, 0.15) is 22.4 Å². The summed E-state index contributed by atoms with van der Waals surface area (Å²) in [5, 5.41) is 0. The summed E-state index contributed by atoms with van der Waals surface area (Å²) in [6.45, 7) is 4.45. The molecule has 0 bridgehead atoms. The van der Waals surface area contributed by atoms with Crippen LogP contribution in [0.4, 0.5) is 11.6 Å². The molecule has 0 spiro atoms. The van der Waals surface area contributed by atoms with Crippen LogP contribution in [0, 0.1) is 0 Å². The Bertz CT molecular complexity index is 438. The van der Waals surface area contributed by atoms with E-state index in [1.807, 2.05) is 0 Å². The Morgan fingerprint density at radius 2 is 2.11 bits per heavy atom. The molecule has 0 radical (unpaired) electrons. The van der Waals surface area contributed by atoms with Crippen LogP contribution in [-0.4, -0.2) is 47.1 Å². The molecular weight excluding hydrogens is 294 g/mol. The van der Waals surface area contributed by atoms with E-state index in [1.54, 1.807) is 6.33 Å². The molecule has 2 fully saturated rings. The first-order valence-corrected chi connectivity index (χ1v) is 7.30. The molecule has 1 aromatic rings. The minimum absolute atomic E-state index is 0.520. The number of anilines is 2. The third kappa shape index (κ3) is 2.19. The number of nitrogens with zero attached hydrogens (tertiary/aromatic N) is 4. The van der Waals surface area contributed by atoms with Crippen molar-refractivity contribution in [1.29, 1.82) is 0 Å². The molecule has 98 valence electrons. The van der Waals surface area contributed by atoms with E-state index in [-0.39, 0.29) is 0 Å². The fourth-order valence-electron chi connectivity index (χ4n) is 2.94. The van der Waals surface area contributed by atoms with Gasteiger partial charge in [0.05, 0.1) is 0 Å². The van der Waals surface area contributed by atoms with E-state index in [2.05, 4.69) is 35.7 Å². The number of halogens is 1. The number of rotatable bonds is 1. The molecule has 2 N–H and O–H groups in total. The maximum Gasteiger partial charge on any atom is 0.148 e. The standard InChI is InChI=1S/C12H18BrN5/c13-10-11(14)15-8-16-12(10)18-6-5-17-4-2-1-3-9(17)7-18/h8-9H,1-7H2,(H2,14,15,16). The summed E-state index contributed by atoms with van der Waals surface area (Å²) in [7, 11) is 0. The van der Waals surface area contributed by atoms with Crippen molar-refractivity contribution in [3.8, 4) is 0 Å². The Labute approximate surface area is 116 Å². The van der Waals surface area contributed by atoms with Crippen LogP contribution in [-0.2, 0) is 0 Å². The van der Waals surface area contributed by atoms with Gasteiger partial charge in [-0.1, -0.05) is 6.42 Å². The van der Waals surface area contributed by atoms with E-state index in [4.69, 9.17) is 5.73 Å². The van der Waals surface area contributed by atoms with E-state index in [1.165, 1.54) is 25.8 Å². The van der Waals surface area contributed by atoms with Gasteiger partial charge in [0.25, 0.3) is 0 Å². The number of hydrogen-bond donors (Lipinski definition) is 1. The molecule has 1 atom stereocenters. The zero-order valence-electron chi connectivity index (χ0n) is 10.3. The topological polar surface area (TPSA) is 58.3 Å². The molecule has 3 heterocycles. The normalized spacial score (nSPS) is 24.9. The number of nitrogens with two attached hydrogens (primary N) is 1. The summed E-state index contributed by atoms with van der Waals surface area (Å²) < 4.78 is 0.828. The van der Waals surface area contributed by atoms with Crippen molar-refractivity contribution in [2.75, 3.05) is 36.8 Å². The first kappa shape index (κ1) is 12.2. The second kappa shape index (κ2) is 5.01. The lowest BCUT2D eigenvalue weighted by Crippen LogP contribution is -2.55. The van der Waals surface area contributed by atoms with Crippen LogP contribution < -0.4 is 10.6 Å². The van der Waals surface area contributed by atoms with Crippen LogP contribution in [0.1, 0.15) is 19.3 Å². The molecule has 1 unspecified atom stereocenters. The summed E-state index contributed by atoms with van der Waals surface area (Å²) in [6, 6.07) is 0.676. The highest BCUT2D eigenvalue weighted by Gasteiger charge is 2.30. The van der Waals surface area contributed by atoms with Gasteiger partial charge >= 0.3 is 0 Å². The zero-order valence-corrected chi connectivity index (χ0v) is 11.9. The number of fused-ring (bicyclic) bond motifs is 1. The lowest BCUT2D eigenvalue weighted by molar-refractivity contribution is 0.133. The molecular formula is C12H18BrN5. The largest absolute Gasteiger partial charge is 0.383 e. The Morgan fingerprint density at radius 1 is 1.22 bits per heavy atom. The second-order valence-electron chi connectivity index (χ2n) is 5.03. The second-order valence-corrected chi connectivity index (χ2v) is 5.82. The molecule has 0 amide bonds. The smallest absolute Gasteiger partial charge is 0.148 e. The third-order valence-electron chi connectivity index (χ3n) is 3.93. The average Bonchev–Trinajstić information content (AvgIpc) is 2.41. The van der Waals surface area contributed by atoms with Crippen LogP contribution in [0.3, 0.4) is 0 Å². The summed E-state index contributed by atoms with van der Waals surface area (Å²) >= 11 is 3.50. The molecule has 0 aliphatic carbocycles. The van der Waals surface area contributed by atoms with E-state index in [9.17, 15) is 0 Å². The van der Waals surface area contributed by atoms with Gasteiger partial charge in [0.2, 0.25) is 0 Å². The third-order valence-corrected chi connectivity index (χ3v) is 4.70. The molecule has 3 rings (SSSR count). The molecule has 1 aromatic heterocycles. The summed E-state index contributed by atoms with van der Waals surface area (Å²) in [4.78, 5) is 13.3. The number of hydrogen-bond acceptors (Lipinski definition) is 5. The van der Waals surface area contributed by atoms with Gasteiger partial charge in [-0.2, -0.15) is 0 Å². The lowest BCUT2D eigenvalue weighted by Gasteiger charge is -2.44. The van der Waals surface area contributed by atoms with Gasteiger partial charge in [-0.15, -0.1) is 0 Å². The van der Waals surface area contributed by atoms with Gasteiger partial charge in [-0.05, 0) is 35.3 Å². The first-order valence-electron chi connectivity index (χ1n) is 6.50. The predicted octanol–water partition coefficient (Wildman–Crippen LogP) is 1.50. The Morgan fingerprint density at radius 3 is 3.00 bits per heavy atom. The van der Waals surface area contributed by atoms with Gasteiger partial charge in [0, 0.05) is 25.7 Å². The highest BCUT2D eigenvalue weighted by molar-refractivity contribution is 9.10. The maximum absolute atomic E-state index is 5.82. The minimum Gasteiger partial charge on any atom is -0.383 e. The van der Waals surface area contributed by atoms with Crippen LogP contribution in [0.2, 0.25) is 0 Å². The molecule has 5 nitrogen and oxygen atoms in total. The average molecular weight is 312 g/mol. The van der Waals surface area contributed by atoms with E-state index < -0.39 is 0 Å². The lowest BCUT2D eigenvalue weighted by atomic mass is 9.99. The molecule has 2 aliphatic heterocycles. The van der Waals surface area contributed by atoms with E-state index >= 15 is 0 Å². The summed E-state index contributed by atoms with van der Waals surface area (Å²) in [6.07, 6.45) is 5.54. The molecule has 6 heteroatoms. The molecule has 0 saturated carbocycles. The van der Waals surface area contributed by atoms with Crippen molar-refractivity contribution < 1.29 is 0 Å². The number of piperazine rings is 1. The van der Waals surface area contributed by atoms with Crippen molar-refractivity contribution in [3.63, 3.8) is 0 Å². The van der Waals surface area contributed by atoms with Gasteiger partial charge in [0.15, 0.2) is 0 Å². The van der Waals surface area contributed by atoms with Crippen LogP contribution >= 0.6 is 15.9 Å². The van der Waals surface area contributed by atoms with E-state index in [0.717, 1.165) is 29.9 Å².